The molecule has 0 spiro atoms. The van der Waals surface area contributed by atoms with Gasteiger partial charge in [-0.2, -0.15) is 9.36 Å². The first-order valence-electron chi connectivity index (χ1n) is 15.6. The first kappa shape index (κ1) is 32.3. The summed E-state index contributed by atoms with van der Waals surface area (Å²) in [7, 11) is 0. The van der Waals surface area contributed by atoms with Crippen LogP contribution < -0.4 is 19.2 Å². The van der Waals surface area contributed by atoms with Gasteiger partial charge < -0.3 is 0 Å². The minimum absolute atomic E-state index is 0.352. The molecule has 7 rings (SSSR count). The van der Waals surface area contributed by atoms with Gasteiger partial charge in [-0.15, -0.1) is 0 Å². The zero-order valence-corrected chi connectivity index (χ0v) is 28.7. The van der Waals surface area contributed by atoms with Gasteiger partial charge in [0.05, 0.1) is 22.7 Å². The number of carbonyl (C=O) groups excluding carboxylic acids is 2. The molecule has 0 amide bonds. The predicted molar refractivity (Wildman–Crippen MR) is 195 cm³/mol. The second kappa shape index (κ2) is 14.5. The second-order valence-corrected chi connectivity index (χ2v) is 13.2. The first-order valence-corrected chi connectivity index (χ1v) is 17.3. The summed E-state index contributed by atoms with van der Waals surface area (Å²) in [4.78, 5) is 48.5. The number of benzene rings is 5. The van der Waals surface area contributed by atoms with Gasteiger partial charge in [-0.1, -0.05) is 83.3 Å². The molecule has 2 heterocycles. The number of aromatic amines is 2. The highest BCUT2D eigenvalue weighted by atomic mass is 32.1. The Kier molecular flexibility index (Phi) is 9.36. The largest absolute Gasteiger partial charge is 0.279 e. The summed E-state index contributed by atoms with van der Waals surface area (Å²) in [5.74, 6) is -0.705. The lowest BCUT2D eigenvalue weighted by Gasteiger charge is -2.05. The molecular formula is C38H30N8O2S2. The van der Waals surface area contributed by atoms with Gasteiger partial charge in [0.1, 0.15) is 0 Å². The van der Waals surface area contributed by atoms with E-state index in [0.29, 0.717) is 41.7 Å². The van der Waals surface area contributed by atoms with Crippen LogP contribution in [0.15, 0.2) is 153 Å². The number of carbonyl (C=O) groups is 2. The molecule has 50 heavy (non-hydrogen) atoms. The summed E-state index contributed by atoms with van der Waals surface area (Å²) < 4.78 is 2.75. The van der Waals surface area contributed by atoms with Crippen molar-refractivity contribution in [3.63, 3.8) is 0 Å². The number of hydrogen-bond acceptors (Lipinski definition) is 8. The van der Waals surface area contributed by atoms with Crippen LogP contribution in [0.2, 0.25) is 0 Å². The van der Waals surface area contributed by atoms with Gasteiger partial charge in [0.15, 0.2) is 0 Å². The quantitative estimate of drug-likeness (QED) is 0.195. The van der Waals surface area contributed by atoms with Crippen LogP contribution in [-0.4, -0.2) is 31.4 Å². The van der Waals surface area contributed by atoms with Crippen LogP contribution >= 0.6 is 22.7 Å². The lowest BCUT2D eigenvalue weighted by molar-refractivity contribution is 0.0928. The number of para-hydroxylation sites is 2. The van der Waals surface area contributed by atoms with Crippen molar-refractivity contribution < 1.29 is 9.59 Å². The SMILES string of the molecule is Cc1cccc(N=c2[nH]n(C(=O)c3ccc(C(=O)n4[nH]c(=Nc5cccc(C)c5)sc4=Nc4ccccc4)cc3)c(=Nc3ccccc3)s2)c1. The summed E-state index contributed by atoms with van der Waals surface area (Å²) in [6, 6.07) is 40.9. The van der Waals surface area contributed by atoms with Crippen molar-refractivity contribution in [1.82, 2.24) is 19.6 Å². The van der Waals surface area contributed by atoms with Gasteiger partial charge in [-0.05, 0) is 97.8 Å². The molecule has 10 nitrogen and oxygen atoms in total. The summed E-state index contributed by atoms with van der Waals surface area (Å²) >= 11 is 2.53. The van der Waals surface area contributed by atoms with Crippen LogP contribution in [0.25, 0.3) is 0 Å². The third-order valence-electron chi connectivity index (χ3n) is 7.38. The van der Waals surface area contributed by atoms with E-state index < -0.39 is 0 Å². The molecule has 0 atom stereocenters. The molecule has 246 valence electrons. The number of aryl methyl sites for hydroxylation is 2. The van der Waals surface area contributed by atoms with Gasteiger partial charge in [0, 0.05) is 11.1 Å². The van der Waals surface area contributed by atoms with E-state index in [4.69, 9.17) is 20.0 Å². The molecule has 0 saturated heterocycles. The molecule has 0 unspecified atom stereocenters. The van der Waals surface area contributed by atoms with E-state index >= 15 is 0 Å². The van der Waals surface area contributed by atoms with Crippen molar-refractivity contribution in [1.29, 1.82) is 0 Å². The van der Waals surface area contributed by atoms with E-state index in [0.717, 1.165) is 22.5 Å². The number of H-pyrrole nitrogens is 2. The molecule has 2 aromatic heterocycles. The van der Waals surface area contributed by atoms with E-state index in [9.17, 15) is 9.59 Å². The molecule has 0 aliphatic heterocycles. The zero-order valence-electron chi connectivity index (χ0n) is 27.0. The number of nitrogens with one attached hydrogen (secondary N) is 2. The summed E-state index contributed by atoms with van der Waals surface area (Å²) in [5.41, 5.74) is 5.77. The number of aromatic nitrogens is 4. The van der Waals surface area contributed by atoms with E-state index in [2.05, 4.69) is 10.2 Å². The van der Waals surface area contributed by atoms with Crippen LogP contribution in [0.5, 0.6) is 0 Å². The Hall–Kier alpha value is -6.24. The summed E-state index contributed by atoms with van der Waals surface area (Å²) in [6.45, 7) is 4.00. The number of hydrogen-bond donors (Lipinski definition) is 2. The monoisotopic (exact) mass is 694 g/mol. The topological polar surface area (TPSA) is 125 Å². The maximum Gasteiger partial charge on any atom is 0.279 e. The third kappa shape index (κ3) is 7.57. The van der Waals surface area contributed by atoms with Gasteiger partial charge in [-0.25, -0.2) is 20.0 Å². The van der Waals surface area contributed by atoms with Crippen molar-refractivity contribution in [2.24, 2.45) is 20.0 Å². The van der Waals surface area contributed by atoms with E-state index in [-0.39, 0.29) is 11.8 Å². The lowest BCUT2D eigenvalue weighted by Crippen LogP contribution is -2.27. The Bertz CT molecular complexity index is 2420. The number of rotatable bonds is 6. The van der Waals surface area contributed by atoms with Gasteiger partial charge in [0.2, 0.25) is 19.2 Å². The third-order valence-corrected chi connectivity index (χ3v) is 9.05. The van der Waals surface area contributed by atoms with Gasteiger partial charge in [0.25, 0.3) is 11.8 Å². The molecule has 2 N–H and O–H groups in total. The van der Waals surface area contributed by atoms with Crippen molar-refractivity contribution >= 4 is 57.2 Å². The minimum atomic E-state index is -0.352. The summed E-state index contributed by atoms with van der Waals surface area (Å²) in [6.07, 6.45) is 0. The van der Waals surface area contributed by atoms with Crippen LogP contribution in [0.1, 0.15) is 31.8 Å². The smallest absolute Gasteiger partial charge is 0.267 e. The van der Waals surface area contributed by atoms with Gasteiger partial charge in [-0.3, -0.25) is 19.8 Å². The van der Waals surface area contributed by atoms with Crippen LogP contribution in [-0.2, 0) is 0 Å². The Morgan fingerprint density at radius 2 is 0.860 bits per heavy atom. The van der Waals surface area contributed by atoms with Crippen LogP contribution in [0.3, 0.4) is 0 Å². The van der Waals surface area contributed by atoms with E-state index in [1.165, 1.54) is 32.0 Å². The normalized spacial score (nSPS) is 12.8. The van der Waals surface area contributed by atoms with E-state index in [1.807, 2.05) is 123 Å². The molecule has 0 radical (unpaired) electrons. The average Bonchev–Trinajstić information content (AvgIpc) is 3.71. The summed E-state index contributed by atoms with van der Waals surface area (Å²) in [5, 5.41) is 6.23. The Morgan fingerprint density at radius 1 is 0.480 bits per heavy atom. The molecule has 0 bridgehead atoms. The van der Waals surface area contributed by atoms with E-state index in [1.54, 1.807) is 24.3 Å². The Labute approximate surface area is 294 Å². The zero-order chi connectivity index (χ0) is 34.5. The highest BCUT2D eigenvalue weighted by molar-refractivity contribution is 7.06. The Balaban J connectivity index is 1.25. The van der Waals surface area contributed by atoms with Gasteiger partial charge >= 0.3 is 0 Å². The fraction of sp³-hybridized carbons (Fsp3) is 0.0526. The Morgan fingerprint density at radius 3 is 1.24 bits per heavy atom. The fourth-order valence-corrected chi connectivity index (χ4v) is 6.65. The molecule has 5 aromatic carbocycles. The highest BCUT2D eigenvalue weighted by Gasteiger charge is 2.16. The molecule has 7 aromatic rings. The van der Waals surface area contributed by atoms with Crippen molar-refractivity contribution in [3.8, 4) is 0 Å². The average molecular weight is 695 g/mol. The lowest BCUT2D eigenvalue weighted by atomic mass is 10.1. The fourth-order valence-electron chi connectivity index (χ4n) is 4.98. The first-order chi connectivity index (χ1) is 24.4. The van der Waals surface area contributed by atoms with Crippen LogP contribution in [0, 0.1) is 13.8 Å². The maximum atomic E-state index is 13.9. The molecule has 0 aliphatic rings. The molecule has 12 heteroatoms. The highest BCUT2D eigenvalue weighted by Crippen LogP contribution is 2.15. The second-order valence-electron chi connectivity index (χ2n) is 11.3. The maximum absolute atomic E-state index is 13.9. The number of nitrogens with zero attached hydrogens (tertiary/aromatic N) is 6. The van der Waals surface area contributed by atoms with Crippen molar-refractivity contribution in [2.75, 3.05) is 0 Å². The standard InChI is InChI=1S/C38H30N8O2S2/c1-25-11-9-17-31(23-25)39-35-43-45(37(49-35)41-29-13-5-3-6-14-29)33(47)27-19-21-28(22-20-27)34(48)46-38(42-30-15-7-4-8-16-30)50-36(44-46)40-32-18-10-12-26(2)24-32/h3-24H,1-2H3,(H,39,43)(H,40,44). The molecule has 0 aliphatic carbocycles. The molecule has 0 saturated carbocycles. The van der Waals surface area contributed by atoms with Crippen LogP contribution in [0.4, 0.5) is 22.7 Å². The predicted octanol–water partition coefficient (Wildman–Crippen LogP) is 6.99. The molecule has 0 fully saturated rings. The van der Waals surface area contributed by atoms with Crippen molar-refractivity contribution in [2.45, 2.75) is 13.8 Å². The van der Waals surface area contributed by atoms with Crippen molar-refractivity contribution in [3.05, 3.63) is 175 Å². The molecular weight excluding hydrogens is 665 g/mol. The minimum Gasteiger partial charge on any atom is -0.267 e.